The quantitative estimate of drug-likeness (QED) is 0.531. The maximum absolute atomic E-state index is 13.2. The first-order valence-electron chi connectivity index (χ1n) is 6.46. The van der Waals surface area contributed by atoms with Crippen molar-refractivity contribution >= 4 is 37.4 Å². The number of hydrogen-bond donors (Lipinski definition) is 0. The monoisotopic (exact) mass is 348 g/mol. The van der Waals surface area contributed by atoms with Gasteiger partial charge in [0.2, 0.25) is 0 Å². The minimum Gasteiger partial charge on any atom is -0.207 e. The summed E-state index contributed by atoms with van der Waals surface area (Å²) in [5, 5.41) is 0.994. The molecule has 20 heavy (non-hydrogen) atoms. The highest BCUT2D eigenvalue weighted by molar-refractivity contribution is 9.10. The third-order valence-corrected chi connectivity index (χ3v) is 5.48. The van der Waals surface area contributed by atoms with Crippen molar-refractivity contribution in [2.75, 3.05) is 0 Å². The maximum Gasteiger partial charge on any atom is 0.123 e. The van der Waals surface area contributed by atoms with Crippen LogP contribution < -0.4 is 0 Å². The van der Waals surface area contributed by atoms with Gasteiger partial charge in [-0.25, -0.2) is 4.39 Å². The summed E-state index contributed by atoms with van der Waals surface area (Å²) in [6, 6.07) is 11.5. The predicted molar refractivity (Wildman–Crippen MR) is 88.2 cm³/mol. The van der Waals surface area contributed by atoms with Crippen molar-refractivity contribution in [1.82, 2.24) is 0 Å². The second-order valence-corrected chi connectivity index (χ2v) is 7.12. The largest absolute Gasteiger partial charge is 0.207 e. The van der Waals surface area contributed by atoms with Crippen LogP contribution in [0, 0.1) is 19.7 Å². The number of halogens is 2. The van der Waals surface area contributed by atoms with Crippen LogP contribution in [0.25, 0.3) is 10.1 Å². The molecule has 0 spiro atoms. The van der Waals surface area contributed by atoms with Gasteiger partial charge in [-0.15, -0.1) is 11.3 Å². The van der Waals surface area contributed by atoms with Crippen LogP contribution in [0.1, 0.15) is 21.6 Å². The van der Waals surface area contributed by atoms with E-state index >= 15 is 0 Å². The van der Waals surface area contributed by atoms with Crippen molar-refractivity contribution in [2.24, 2.45) is 0 Å². The molecule has 0 saturated carbocycles. The Morgan fingerprint density at radius 2 is 1.85 bits per heavy atom. The summed E-state index contributed by atoms with van der Waals surface area (Å²) in [6.07, 6.45) is 0.895. The van der Waals surface area contributed by atoms with Crippen molar-refractivity contribution < 1.29 is 4.39 Å². The molecule has 0 atom stereocenters. The Labute approximate surface area is 130 Å². The summed E-state index contributed by atoms with van der Waals surface area (Å²) in [5.74, 6) is -0.170. The summed E-state index contributed by atoms with van der Waals surface area (Å²) < 4.78 is 15.5. The van der Waals surface area contributed by atoms with E-state index in [2.05, 4.69) is 48.0 Å². The first kappa shape index (κ1) is 13.8. The molecular weight excluding hydrogens is 335 g/mol. The van der Waals surface area contributed by atoms with Gasteiger partial charge < -0.3 is 0 Å². The summed E-state index contributed by atoms with van der Waals surface area (Å²) >= 11 is 5.33. The fraction of sp³-hybridized carbons (Fsp3) is 0.176. The molecule has 0 nitrogen and oxygen atoms in total. The first-order valence-corrected chi connectivity index (χ1v) is 8.07. The van der Waals surface area contributed by atoms with E-state index in [0.29, 0.717) is 0 Å². The van der Waals surface area contributed by atoms with E-state index in [1.54, 1.807) is 17.4 Å². The molecule has 0 fully saturated rings. The molecular formula is C17H14BrFS. The molecule has 0 amide bonds. The SMILES string of the molecule is Cc1cc(C)c(Cc2cc3cc(F)ccc3s2)cc1Br. The fourth-order valence-electron chi connectivity index (χ4n) is 2.40. The van der Waals surface area contributed by atoms with Crippen molar-refractivity contribution in [1.29, 1.82) is 0 Å². The topological polar surface area (TPSA) is 0 Å². The molecule has 3 heteroatoms. The minimum atomic E-state index is -0.170. The molecule has 2 aromatic carbocycles. The average Bonchev–Trinajstić information content (AvgIpc) is 2.77. The van der Waals surface area contributed by atoms with Crippen molar-refractivity contribution in [3.63, 3.8) is 0 Å². The molecule has 1 aromatic heterocycles. The maximum atomic E-state index is 13.2. The van der Waals surface area contributed by atoms with E-state index in [0.717, 1.165) is 21.0 Å². The van der Waals surface area contributed by atoms with E-state index in [4.69, 9.17) is 0 Å². The Morgan fingerprint density at radius 3 is 2.65 bits per heavy atom. The zero-order valence-electron chi connectivity index (χ0n) is 11.3. The normalized spacial score (nSPS) is 11.2. The molecule has 3 rings (SSSR count). The second-order valence-electron chi connectivity index (χ2n) is 5.10. The summed E-state index contributed by atoms with van der Waals surface area (Å²) in [6.45, 7) is 4.24. The van der Waals surface area contributed by atoms with E-state index in [1.165, 1.54) is 27.6 Å². The minimum absolute atomic E-state index is 0.170. The molecule has 0 unspecified atom stereocenters. The lowest BCUT2D eigenvalue weighted by Crippen LogP contribution is -1.91. The van der Waals surface area contributed by atoms with Gasteiger partial charge in [0.1, 0.15) is 5.82 Å². The smallest absolute Gasteiger partial charge is 0.123 e. The van der Waals surface area contributed by atoms with Crippen molar-refractivity contribution in [3.8, 4) is 0 Å². The molecule has 3 aromatic rings. The van der Waals surface area contributed by atoms with Gasteiger partial charge >= 0.3 is 0 Å². The molecule has 0 aliphatic heterocycles. The Kier molecular flexibility index (Phi) is 3.65. The highest BCUT2D eigenvalue weighted by Crippen LogP contribution is 2.30. The average molecular weight is 349 g/mol. The van der Waals surface area contributed by atoms with Crippen LogP contribution in [0.3, 0.4) is 0 Å². The number of aryl methyl sites for hydroxylation is 2. The highest BCUT2D eigenvalue weighted by atomic mass is 79.9. The van der Waals surface area contributed by atoms with Gasteiger partial charge in [-0.3, -0.25) is 0 Å². The van der Waals surface area contributed by atoms with Gasteiger partial charge in [0.15, 0.2) is 0 Å². The number of thiophene rings is 1. The zero-order valence-corrected chi connectivity index (χ0v) is 13.7. The van der Waals surface area contributed by atoms with E-state index < -0.39 is 0 Å². The Hall–Kier alpha value is -1.19. The van der Waals surface area contributed by atoms with Crippen molar-refractivity contribution in [3.05, 3.63) is 68.3 Å². The molecule has 0 radical (unpaired) electrons. The van der Waals surface area contributed by atoms with Crippen LogP contribution in [0.4, 0.5) is 4.39 Å². The third-order valence-electron chi connectivity index (χ3n) is 3.51. The summed E-state index contributed by atoms with van der Waals surface area (Å²) in [5.41, 5.74) is 3.87. The summed E-state index contributed by atoms with van der Waals surface area (Å²) in [4.78, 5) is 1.27. The lowest BCUT2D eigenvalue weighted by Gasteiger charge is -2.07. The third kappa shape index (κ3) is 2.65. The lowest BCUT2D eigenvalue weighted by molar-refractivity contribution is 0.630. The number of benzene rings is 2. The van der Waals surface area contributed by atoms with E-state index in [1.807, 2.05) is 6.07 Å². The Bertz CT molecular complexity index is 789. The number of rotatable bonds is 2. The van der Waals surface area contributed by atoms with Crippen LogP contribution in [0.5, 0.6) is 0 Å². The van der Waals surface area contributed by atoms with Gasteiger partial charge in [0.25, 0.3) is 0 Å². The molecule has 0 aliphatic carbocycles. The molecule has 1 heterocycles. The Morgan fingerprint density at radius 1 is 1.05 bits per heavy atom. The predicted octanol–water partition coefficient (Wildman–Crippen LogP) is 6.01. The zero-order chi connectivity index (χ0) is 14.3. The molecule has 0 saturated heterocycles. The van der Waals surface area contributed by atoms with Crippen molar-refractivity contribution in [2.45, 2.75) is 20.3 Å². The van der Waals surface area contributed by atoms with Crippen LogP contribution in [0.15, 0.2) is 40.9 Å². The van der Waals surface area contributed by atoms with Crippen LogP contribution in [-0.2, 0) is 6.42 Å². The van der Waals surface area contributed by atoms with Gasteiger partial charge in [0.05, 0.1) is 0 Å². The van der Waals surface area contributed by atoms with Crippen LogP contribution in [-0.4, -0.2) is 0 Å². The Balaban J connectivity index is 1.99. The number of fused-ring (bicyclic) bond motifs is 1. The van der Waals surface area contributed by atoms with Crippen LogP contribution >= 0.6 is 27.3 Å². The second kappa shape index (κ2) is 5.30. The lowest BCUT2D eigenvalue weighted by atomic mass is 10.0. The van der Waals surface area contributed by atoms with Gasteiger partial charge in [-0.2, -0.15) is 0 Å². The number of hydrogen-bond acceptors (Lipinski definition) is 1. The molecule has 0 bridgehead atoms. The van der Waals surface area contributed by atoms with E-state index in [-0.39, 0.29) is 5.82 Å². The first-order chi connectivity index (χ1) is 9.52. The standard InChI is InChI=1S/C17H14BrFS/c1-10-5-11(2)16(18)9-12(10)7-15-8-13-6-14(19)3-4-17(13)20-15/h3-6,8-9H,7H2,1-2H3. The highest BCUT2D eigenvalue weighted by Gasteiger charge is 2.07. The van der Waals surface area contributed by atoms with E-state index in [9.17, 15) is 4.39 Å². The molecule has 0 N–H and O–H groups in total. The van der Waals surface area contributed by atoms with Gasteiger partial charge in [-0.05, 0) is 66.3 Å². The fourth-order valence-corrected chi connectivity index (χ4v) is 3.86. The van der Waals surface area contributed by atoms with Gasteiger partial charge in [0, 0.05) is 20.5 Å². The molecule has 0 aliphatic rings. The summed E-state index contributed by atoms with van der Waals surface area (Å²) in [7, 11) is 0. The van der Waals surface area contributed by atoms with Gasteiger partial charge in [-0.1, -0.05) is 22.0 Å². The molecule has 102 valence electrons. The van der Waals surface area contributed by atoms with Crippen LogP contribution in [0.2, 0.25) is 0 Å².